The minimum Gasteiger partial charge on any atom is -0.354 e. The molecule has 0 unspecified atom stereocenters. The van der Waals surface area contributed by atoms with Crippen molar-refractivity contribution in [3.05, 3.63) is 11.4 Å². The number of imide groups is 1. The van der Waals surface area contributed by atoms with Gasteiger partial charge in [-0.2, -0.15) is 0 Å². The van der Waals surface area contributed by atoms with Crippen molar-refractivity contribution in [2.75, 3.05) is 24.6 Å². The molecule has 1 aromatic heterocycles. The van der Waals surface area contributed by atoms with Crippen LogP contribution >= 0.6 is 23.5 Å². The van der Waals surface area contributed by atoms with E-state index in [1.165, 1.54) is 54.5 Å². The van der Waals surface area contributed by atoms with Gasteiger partial charge in [0.1, 0.15) is 0 Å². The lowest BCUT2D eigenvalue weighted by molar-refractivity contribution is -0.125. The summed E-state index contributed by atoms with van der Waals surface area (Å²) < 4.78 is 2.31. The molecule has 2 aliphatic rings. The van der Waals surface area contributed by atoms with Crippen molar-refractivity contribution in [1.29, 1.82) is 0 Å². The highest BCUT2D eigenvalue weighted by molar-refractivity contribution is 8.14. The fourth-order valence-electron chi connectivity index (χ4n) is 3.55. The van der Waals surface area contributed by atoms with Crippen LogP contribution in [-0.4, -0.2) is 56.1 Å². The molecule has 7 nitrogen and oxygen atoms in total. The Morgan fingerprint density at radius 1 is 1.26 bits per heavy atom. The van der Waals surface area contributed by atoms with Crippen molar-refractivity contribution in [3.63, 3.8) is 0 Å². The summed E-state index contributed by atoms with van der Waals surface area (Å²) in [4.78, 5) is 41.1. The predicted octanol–water partition coefficient (Wildman–Crippen LogP) is 2.91. The normalized spacial score (nSPS) is 18.4. The number of nitrogens with one attached hydrogen (secondary N) is 1. The standard InChI is InChI=1S/C18H26N4O3S2/c1-12-13(2)22(14-6-4-3-5-7-14)17(20-12)26-10-15(23)19-8-9-21-16(24)11-27-18(21)25/h14H,3-11H2,1-2H3,(H,19,23). The molecule has 9 heteroatoms. The molecule has 1 N–H and O–H groups in total. The second-order valence-corrected chi connectivity index (χ2v) is 8.83. The van der Waals surface area contributed by atoms with E-state index in [-0.39, 0.29) is 41.6 Å². The number of aromatic nitrogens is 2. The van der Waals surface area contributed by atoms with Gasteiger partial charge in [-0.15, -0.1) is 0 Å². The Morgan fingerprint density at radius 2 is 2.00 bits per heavy atom. The topological polar surface area (TPSA) is 84.3 Å². The van der Waals surface area contributed by atoms with Crippen molar-refractivity contribution in [1.82, 2.24) is 19.8 Å². The van der Waals surface area contributed by atoms with Crippen molar-refractivity contribution in [2.24, 2.45) is 0 Å². The molecule has 0 spiro atoms. The first-order valence-electron chi connectivity index (χ1n) is 9.39. The molecule has 27 heavy (non-hydrogen) atoms. The van der Waals surface area contributed by atoms with Crippen LogP contribution in [0.25, 0.3) is 0 Å². The zero-order valence-corrected chi connectivity index (χ0v) is 17.5. The average Bonchev–Trinajstić information content (AvgIpc) is 3.13. The molecule has 2 heterocycles. The van der Waals surface area contributed by atoms with Gasteiger partial charge in [-0.3, -0.25) is 19.3 Å². The number of imidazole rings is 1. The summed E-state index contributed by atoms with van der Waals surface area (Å²) in [5.74, 6) is 0.180. The summed E-state index contributed by atoms with van der Waals surface area (Å²) in [6.45, 7) is 4.63. The zero-order valence-electron chi connectivity index (χ0n) is 15.8. The predicted molar refractivity (Wildman–Crippen MR) is 107 cm³/mol. The minimum atomic E-state index is -0.232. The highest BCUT2D eigenvalue weighted by atomic mass is 32.2. The summed E-state index contributed by atoms with van der Waals surface area (Å²) in [5.41, 5.74) is 2.21. The fraction of sp³-hybridized carbons (Fsp3) is 0.667. The SMILES string of the molecule is Cc1nc(SCC(=O)NCCN2C(=O)CSC2=O)n(C2CCCCC2)c1C. The van der Waals surface area contributed by atoms with Gasteiger partial charge in [0.25, 0.3) is 5.24 Å². The molecule has 1 aliphatic heterocycles. The maximum Gasteiger partial charge on any atom is 0.288 e. The lowest BCUT2D eigenvalue weighted by atomic mass is 9.95. The van der Waals surface area contributed by atoms with Gasteiger partial charge in [-0.05, 0) is 26.7 Å². The monoisotopic (exact) mass is 410 g/mol. The van der Waals surface area contributed by atoms with E-state index in [0.29, 0.717) is 6.04 Å². The Hall–Kier alpha value is -1.48. The van der Waals surface area contributed by atoms with Gasteiger partial charge in [0.05, 0.1) is 17.2 Å². The second kappa shape index (κ2) is 9.14. The van der Waals surface area contributed by atoms with E-state index in [9.17, 15) is 14.4 Å². The second-order valence-electron chi connectivity index (χ2n) is 6.97. The highest BCUT2D eigenvalue weighted by Crippen LogP contribution is 2.34. The summed E-state index contributed by atoms with van der Waals surface area (Å²) in [6, 6.07) is 0.482. The third-order valence-corrected chi connectivity index (χ3v) is 6.94. The van der Waals surface area contributed by atoms with Crippen LogP contribution in [0.2, 0.25) is 0 Å². The Kier molecular flexibility index (Phi) is 6.86. The first kappa shape index (κ1) is 20.3. The van der Waals surface area contributed by atoms with E-state index >= 15 is 0 Å². The molecule has 1 aromatic rings. The smallest absolute Gasteiger partial charge is 0.288 e. The van der Waals surface area contributed by atoms with Gasteiger partial charge in [-0.25, -0.2) is 4.98 Å². The fourth-order valence-corrected chi connectivity index (χ4v) is 5.29. The van der Waals surface area contributed by atoms with E-state index in [2.05, 4.69) is 21.8 Å². The third-order valence-electron chi connectivity index (χ3n) is 5.12. The summed E-state index contributed by atoms with van der Waals surface area (Å²) in [5, 5.41) is 3.47. The summed E-state index contributed by atoms with van der Waals surface area (Å²) in [6.07, 6.45) is 6.14. The van der Waals surface area contributed by atoms with Crippen LogP contribution in [0.15, 0.2) is 5.16 Å². The first-order valence-corrected chi connectivity index (χ1v) is 11.4. The van der Waals surface area contributed by atoms with Crippen LogP contribution in [0.5, 0.6) is 0 Å². The van der Waals surface area contributed by atoms with Gasteiger partial charge in [0.2, 0.25) is 11.8 Å². The molecule has 3 rings (SSSR count). The van der Waals surface area contributed by atoms with E-state index in [0.717, 1.165) is 22.6 Å². The van der Waals surface area contributed by atoms with Gasteiger partial charge >= 0.3 is 0 Å². The summed E-state index contributed by atoms with van der Waals surface area (Å²) >= 11 is 2.46. The maximum atomic E-state index is 12.2. The van der Waals surface area contributed by atoms with Crippen LogP contribution in [-0.2, 0) is 9.59 Å². The molecule has 0 radical (unpaired) electrons. The van der Waals surface area contributed by atoms with Gasteiger partial charge in [0, 0.05) is 24.8 Å². The molecule has 1 saturated carbocycles. The molecule has 0 bridgehead atoms. The van der Waals surface area contributed by atoms with E-state index in [4.69, 9.17) is 0 Å². The number of nitrogens with zero attached hydrogens (tertiary/aromatic N) is 3. The van der Waals surface area contributed by atoms with Crippen molar-refractivity contribution < 1.29 is 14.4 Å². The number of aryl methyl sites for hydroxylation is 1. The van der Waals surface area contributed by atoms with E-state index < -0.39 is 0 Å². The minimum absolute atomic E-state index is 0.111. The third kappa shape index (κ3) is 4.87. The number of amides is 3. The molecular weight excluding hydrogens is 384 g/mol. The van der Waals surface area contributed by atoms with Crippen LogP contribution in [0.3, 0.4) is 0 Å². The lowest BCUT2D eigenvalue weighted by Gasteiger charge is -2.26. The van der Waals surface area contributed by atoms with Crippen molar-refractivity contribution >= 4 is 40.6 Å². The van der Waals surface area contributed by atoms with Crippen LogP contribution in [0, 0.1) is 13.8 Å². The largest absolute Gasteiger partial charge is 0.354 e. The Labute approximate surface area is 168 Å². The molecule has 0 atom stereocenters. The quantitative estimate of drug-likeness (QED) is 0.696. The Bertz CT molecular complexity index is 712. The first-order chi connectivity index (χ1) is 13.0. The van der Waals surface area contributed by atoms with Crippen molar-refractivity contribution in [3.8, 4) is 0 Å². The Morgan fingerprint density at radius 3 is 2.67 bits per heavy atom. The van der Waals surface area contributed by atoms with Gasteiger partial charge in [0.15, 0.2) is 5.16 Å². The van der Waals surface area contributed by atoms with Crippen LogP contribution in [0.1, 0.15) is 49.5 Å². The summed E-state index contributed by atoms with van der Waals surface area (Å²) in [7, 11) is 0. The molecule has 148 valence electrons. The number of carbonyl (C=O) groups excluding carboxylic acids is 3. The van der Waals surface area contributed by atoms with E-state index in [1.54, 1.807) is 0 Å². The zero-order chi connectivity index (χ0) is 19.4. The van der Waals surface area contributed by atoms with Gasteiger partial charge < -0.3 is 9.88 Å². The molecule has 0 aromatic carbocycles. The number of carbonyl (C=O) groups is 3. The Balaban J connectivity index is 1.50. The van der Waals surface area contributed by atoms with Crippen LogP contribution in [0.4, 0.5) is 4.79 Å². The molecular formula is C18H26N4O3S2. The van der Waals surface area contributed by atoms with E-state index in [1.807, 2.05) is 6.92 Å². The molecule has 1 aliphatic carbocycles. The van der Waals surface area contributed by atoms with Gasteiger partial charge in [-0.1, -0.05) is 42.8 Å². The number of rotatable bonds is 7. The average molecular weight is 411 g/mol. The number of thioether (sulfide) groups is 2. The molecule has 1 saturated heterocycles. The number of hydrogen-bond donors (Lipinski definition) is 1. The van der Waals surface area contributed by atoms with Crippen LogP contribution < -0.4 is 5.32 Å². The maximum absolute atomic E-state index is 12.2. The molecule has 3 amide bonds. The highest BCUT2D eigenvalue weighted by Gasteiger charge is 2.29. The van der Waals surface area contributed by atoms with Crippen molar-refractivity contribution in [2.45, 2.75) is 57.1 Å². The number of hydrogen-bond acceptors (Lipinski definition) is 6. The lowest BCUT2D eigenvalue weighted by Crippen LogP contribution is -2.38. The molecule has 2 fully saturated rings.